The number of nitrogens with one attached hydrogen (secondary N) is 1. The van der Waals surface area contributed by atoms with Crippen molar-refractivity contribution in [2.24, 2.45) is 0 Å². The molecule has 0 radical (unpaired) electrons. The van der Waals surface area contributed by atoms with Crippen molar-refractivity contribution >= 4 is 11.4 Å². The van der Waals surface area contributed by atoms with Gasteiger partial charge in [0.15, 0.2) is 11.6 Å². The third-order valence-electron chi connectivity index (χ3n) is 3.88. The largest absolute Gasteiger partial charge is 0.368 e. The fourth-order valence-corrected chi connectivity index (χ4v) is 2.82. The number of rotatable bonds is 3. The third-order valence-corrected chi connectivity index (χ3v) is 3.88. The van der Waals surface area contributed by atoms with Crippen LogP contribution in [-0.2, 0) is 0 Å². The van der Waals surface area contributed by atoms with E-state index in [1.54, 1.807) is 0 Å². The summed E-state index contributed by atoms with van der Waals surface area (Å²) in [5.41, 5.74) is 0.155. The van der Waals surface area contributed by atoms with E-state index in [-0.39, 0.29) is 11.6 Å². The minimum atomic E-state index is -0.595. The molecule has 1 atom stereocenters. The number of aromatic nitrogens is 3. The summed E-state index contributed by atoms with van der Waals surface area (Å²) in [4.78, 5) is 16.3. The molecule has 1 N–H and O–H groups in total. The average Bonchev–Trinajstić information content (AvgIpc) is 2.94. The van der Waals surface area contributed by atoms with Gasteiger partial charge in [0.05, 0.1) is 16.7 Å². The van der Waals surface area contributed by atoms with Gasteiger partial charge in [-0.25, -0.2) is 9.37 Å². The molecule has 2 heterocycles. The summed E-state index contributed by atoms with van der Waals surface area (Å²) in [6.45, 7) is 3.16. The SMILES string of the molecule is Cc1nc(C2CCCN(c3ccc([N+](=O)[O-])cc3F)C2)n[nH]1. The Morgan fingerprint density at radius 1 is 1.50 bits per heavy atom. The molecule has 1 aliphatic heterocycles. The van der Waals surface area contributed by atoms with Crippen LogP contribution in [0.15, 0.2) is 18.2 Å². The maximum atomic E-state index is 14.1. The van der Waals surface area contributed by atoms with Crippen LogP contribution in [0, 0.1) is 22.9 Å². The molecular weight excluding hydrogens is 289 g/mol. The molecule has 1 saturated heterocycles. The second kappa shape index (κ2) is 5.70. The molecule has 0 aliphatic carbocycles. The lowest BCUT2D eigenvalue weighted by molar-refractivity contribution is -0.385. The summed E-state index contributed by atoms with van der Waals surface area (Å²) < 4.78 is 14.1. The number of hydrogen-bond donors (Lipinski definition) is 1. The van der Waals surface area contributed by atoms with Gasteiger partial charge in [-0.05, 0) is 25.8 Å². The number of nitro groups is 1. The highest BCUT2D eigenvalue weighted by atomic mass is 19.1. The van der Waals surface area contributed by atoms with Gasteiger partial charge in [0.1, 0.15) is 5.82 Å². The van der Waals surface area contributed by atoms with Crippen LogP contribution >= 0.6 is 0 Å². The van der Waals surface area contributed by atoms with E-state index in [4.69, 9.17) is 0 Å². The van der Waals surface area contributed by atoms with E-state index in [0.29, 0.717) is 18.8 Å². The van der Waals surface area contributed by atoms with Gasteiger partial charge in [-0.1, -0.05) is 0 Å². The van der Waals surface area contributed by atoms with E-state index in [0.717, 1.165) is 30.6 Å². The molecule has 1 fully saturated rings. The lowest BCUT2D eigenvalue weighted by Crippen LogP contribution is -2.35. The van der Waals surface area contributed by atoms with Crippen molar-refractivity contribution in [3.63, 3.8) is 0 Å². The van der Waals surface area contributed by atoms with Crippen LogP contribution in [0.5, 0.6) is 0 Å². The van der Waals surface area contributed by atoms with Crippen molar-refractivity contribution in [3.8, 4) is 0 Å². The second-order valence-electron chi connectivity index (χ2n) is 5.46. The molecular formula is C14H16FN5O2. The number of benzene rings is 1. The maximum absolute atomic E-state index is 14.1. The Morgan fingerprint density at radius 3 is 2.95 bits per heavy atom. The van der Waals surface area contributed by atoms with Crippen LogP contribution in [0.1, 0.15) is 30.4 Å². The van der Waals surface area contributed by atoms with Gasteiger partial charge in [-0.2, -0.15) is 5.10 Å². The average molecular weight is 305 g/mol. The molecule has 8 heteroatoms. The van der Waals surface area contributed by atoms with E-state index in [1.165, 1.54) is 12.1 Å². The summed E-state index contributed by atoms with van der Waals surface area (Å²) >= 11 is 0. The molecule has 22 heavy (non-hydrogen) atoms. The molecule has 1 aromatic heterocycles. The summed E-state index contributed by atoms with van der Waals surface area (Å²) in [5, 5.41) is 17.7. The minimum Gasteiger partial charge on any atom is -0.368 e. The third kappa shape index (κ3) is 2.76. The predicted molar refractivity (Wildman–Crippen MR) is 78.4 cm³/mol. The molecule has 3 rings (SSSR count). The van der Waals surface area contributed by atoms with Gasteiger partial charge >= 0.3 is 0 Å². The molecule has 0 amide bonds. The van der Waals surface area contributed by atoms with Gasteiger partial charge in [-0.3, -0.25) is 15.2 Å². The Bertz CT molecular complexity index is 702. The molecule has 0 spiro atoms. The number of non-ortho nitro benzene ring substituents is 1. The zero-order valence-corrected chi connectivity index (χ0v) is 12.1. The Kier molecular flexibility index (Phi) is 3.74. The second-order valence-corrected chi connectivity index (χ2v) is 5.46. The van der Waals surface area contributed by atoms with Crippen molar-refractivity contribution in [1.82, 2.24) is 15.2 Å². The lowest BCUT2D eigenvalue weighted by atomic mass is 9.97. The quantitative estimate of drug-likeness (QED) is 0.695. The van der Waals surface area contributed by atoms with Gasteiger partial charge in [0.2, 0.25) is 0 Å². The van der Waals surface area contributed by atoms with Crippen LogP contribution in [0.25, 0.3) is 0 Å². The molecule has 2 aromatic rings. The number of halogens is 1. The van der Waals surface area contributed by atoms with Crippen molar-refractivity contribution in [3.05, 3.63) is 45.8 Å². The fourth-order valence-electron chi connectivity index (χ4n) is 2.82. The lowest BCUT2D eigenvalue weighted by Gasteiger charge is -2.33. The Labute approximate surface area is 126 Å². The highest BCUT2D eigenvalue weighted by Gasteiger charge is 2.26. The van der Waals surface area contributed by atoms with Gasteiger partial charge in [0.25, 0.3) is 5.69 Å². The highest BCUT2D eigenvalue weighted by molar-refractivity contribution is 5.53. The number of aromatic amines is 1. The van der Waals surface area contributed by atoms with Crippen molar-refractivity contribution in [2.75, 3.05) is 18.0 Å². The van der Waals surface area contributed by atoms with Gasteiger partial charge < -0.3 is 4.90 Å². The van der Waals surface area contributed by atoms with Crippen molar-refractivity contribution in [2.45, 2.75) is 25.7 Å². The topological polar surface area (TPSA) is 87.9 Å². The summed E-state index contributed by atoms with van der Waals surface area (Å²) in [5.74, 6) is 1.06. The number of nitro benzene ring substituents is 1. The van der Waals surface area contributed by atoms with Gasteiger partial charge in [0, 0.05) is 25.1 Å². The number of aryl methyl sites for hydroxylation is 1. The fraction of sp³-hybridized carbons (Fsp3) is 0.429. The summed E-state index contributed by atoms with van der Waals surface area (Å²) in [6, 6.07) is 3.77. The minimum absolute atomic E-state index is 0.133. The molecule has 0 bridgehead atoms. The normalized spacial score (nSPS) is 18.5. The molecule has 116 valence electrons. The van der Waals surface area contributed by atoms with Gasteiger partial charge in [-0.15, -0.1) is 0 Å². The first kappa shape index (κ1) is 14.4. The molecule has 7 nitrogen and oxygen atoms in total. The molecule has 1 unspecified atom stereocenters. The smallest absolute Gasteiger partial charge is 0.272 e. The first-order chi connectivity index (χ1) is 10.5. The summed E-state index contributed by atoms with van der Waals surface area (Å²) in [7, 11) is 0. The van der Waals surface area contributed by atoms with Crippen LogP contribution < -0.4 is 4.90 Å². The molecule has 1 aliphatic rings. The Morgan fingerprint density at radius 2 is 2.32 bits per heavy atom. The van der Waals surface area contributed by atoms with E-state index >= 15 is 0 Å². The summed E-state index contributed by atoms with van der Waals surface area (Å²) in [6.07, 6.45) is 1.84. The van der Waals surface area contributed by atoms with E-state index in [2.05, 4.69) is 15.2 Å². The number of piperidine rings is 1. The maximum Gasteiger partial charge on any atom is 0.272 e. The number of nitrogens with zero attached hydrogens (tertiary/aromatic N) is 4. The highest BCUT2D eigenvalue weighted by Crippen LogP contribution is 2.31. The predicted octanol–water partition coefficient (Wildman–Crippen LogP) is 2.54. The molecule has 1 aromatic carbocycles. The Hall–Kier alpha value is -2.51. The molecule has 0 saturated carbocycles. The Balaban J connectivity index is 1.81. The van der Waals surface area contributed by atoms with Crippen LogP contribution in [-0.4, -0.2) is 33.2 Å². The monoisotopic (exact) mass is 305 g/mol. The van der Waals surface area contributed by atoms with Crippen LogP contribution in [0.4, 0.5) is 15.8 Å². The number of hydrogen-bond acceptors (Lipinski definition) is 5. The standard InChI is InChI=1S/C14H16FN5O2/c1-9-16-14(18-17-9)10-3-2-6-19(8-10)13-5-4-11(20(21)22)7-12(13)15/h4-5,7,10H,2-3,6,8H2,1H3,(H,16,17,18). The van der Waals surface area contributed by atoms with E-state index < -0.39 is 10.7 Å². The van der Waals surface area contributed by atoms with Crippen LogP contribution in [0.3, 0.4) is 0 Å². The van der Waals surface area contributed by atoms with Crippen molar-refractivity contribution < 1.29 is 9.31 Å². The first-order valence-corrected chi connectivity index (χ1v) is 7.12. The van der Waals surface area contributed by atoms with E-state index in [1.807, 2.05) is 11.8 Å². The number of H-pyrrole nitrogens is 1. The van der Waals surface area contributed by atoms with Crippen molar-refractivity contribution in [1.29, 1.82) is 0 Å². The van der Waals surface area contributed by atoms with E-state index in [9.17, 15) is 14.5 Å². The number of anilines is 1. The zero-order valence-electron chi connectivity index (χ0n) is 12.1. The first-order valence-electron chi connectivity index (χ1n) is 7.12. The van der Waals surface area contributed by atoms with Crippen LogP contribution in [0.2, 0.25) is 0 Å². The zero-order chi connectivity index (χ0) is 15.7.